The van der Waals surface area contributed by atoms with E-state index in [0.717, 1.165) is 9.98 Å². The summed E-state index contributed by atoms with van der Waals surface area (Å²) in [6, 6.07) is 8.27. The fraction of sp³-hybridized carbons (Fsp3) is 0.263. The maximum atomic E-state index is 12.7. The molecule has 0 fully saturated rings. The molecule has 1 amide bonds. The number of azo groups is 1. The van der Waals surface area contributed by atoms with Gasteiger partial charge in [0.1, 0.15) is 0 Å². The monoisotopic (exact) mass is 423 g/mol. The Bertz CT molecular complexity index is 918. The van der Waals surface area contributed by atoms with Gasteiger partial charge in [0.25, 0.3) is 5.91 Å². The normalized spacial score (nSPS) is 11.9. The molecule has 0 heterocycles. The van der Waals surface area contributed by atoms with Crippen molar-refractivity contribution < 1.29 is 19.1 Å². The lowest BCUT2D eigenvalue weighted by Gasteiger charge is -2.18. The molecule has 0 aliphatic carbocycles. The number of ether oxygens (including phenoxy) is 2. The van der Waals surface area contributed by atoms with Crippen LogP contribution < -0.4 is 13.9 Å². The number of hydrogen-bond acceptors (Lipinski definition) is 6. The number of methoxy groups -OCH3 is 2. The largest absolute Gasteiger partial charge is 0.493 e. The quantitative estimate of drug-likeness (QED) is 0.360. The van der Waals surface area contributed by atoms with E-state index in [-0.39, 0.29) is 0 Å². The van der Waals surface area contributed by atoms with Crippen molar-refractivity contribution in [2.75, 3.05) is 18.6 Å². The van der Waals surface area contributed by atoms with E-state index in [1.807, 2.05) is 6.92 Å². The predicted octanol–water partition coefficient (Wildman–Crippen LogP) is 4.89. The van der Waals surface area contributed by atoms with Crippen molar-refractivity contribution in [3.05, 3.63) is 47.0 Å². The second-order valence-corrected chi connectivity index (χ2v) is 6.57. The highest BCUT2D eigenvalue weighted by atomic mass is 35.5. The molecule has 7 nitrogen and oxygen atoms in total. The average molecular weight is 424 g/mol. The molecular formula is C19H19Cl2N3O4. The lowest BCUT2D eigenvalue weighted by atomic mass is 10.2. The molecule has 2 aromatic rings. The second-order valence-electron chi connectivity index (χ2n) is 5.82. The molecule has 0 saturated carbocycles. The number of benzene rings is 2. The van der Waals surface area contributed by atoms with E-state index < -0.39 is 17.7 Å². The molecule has 2 rings (SSSR count). The maximum Gasteiger partial charge on any atom is 0.276 e. The van der Waals surface area contributed by atoms with Crippen molar-refractivity contribution in [3.8, 4) is 11.5 Å². The molecule has 2 aromatic carbocycles. The third kappa shape index (κ3) is 4.99. The first-order chi connectivity index (χ1) is 13.3. The summed E-state index contributed by atoms with van der Waals surface area (Å²) >= 11 is 12.1. The summed E-state index contributed by atoms with van der Waals surface area (Å²) in [5, 5.41) is 8.45. The summed E-state index contributed by atoms with van der Waals surface area (Å²) in [6.45, 7) is 3.06. The van der Waals surface area contributed by atoms with Gasteiger partial charge in [0, 0.05) is 22.9 Å². The number of nitrogens with zero attached hydrogens (tertiary/aromatic N) is 3. The Morgan fingerprint density at radius 3 is 2.32 bits per heavy atom. The zero-order valence-electron chi connectivity index (χ0n) is 15.8. The Morgan fingerprint density at radius 1 is 1.07 bits per heavy atom. The van der Waals surface area contributed by atoms with Crippen molar-refractivity contribution in [2.45, 2.75) is 19.9 Å². The topological polar surface area (TPSA) is 80.6 Å². The van der Waals surface area contributed by atoms with Crippen molar-refractivity contribution in [3.63, 3.8) is 0 Å². The Kier molecular flexibility index (Phi) is 7.37. The molecule has 0 aromatic heterocycles. The van der Waals surface area contributed by atoms with Crippen molar-refractivity contribution in [1.29, 1.82) is 0 Å². The number of carbonyl (C=O) groups excluding carboxylic acids is 2. The molecule has 0 aliphatic rings. The van der Waals surface area contributed by atoms with E-state index in [9.17, 15) is 9.59 Å². The van der Waals surface area contributed by atoms with Gasteiger partial charge in [-0.2, -0.15) is 10.2 Å². The van der Waals surface area contributed by atoms with Crippen LogP contribution >= 0.6 is 23.4 Å². The number of carbonyl (C=O) groups is 2. The van der Waals surface area contributed by atoms with Crippen LogP contribution in [-0.2, 0) is 9.59 Å². The maximum absolute atomic E-state index is 12.7. The second kappa shape index (κ2) is 9.52. The van der Waals surface area contributed by atoms with Gasteiger partial charge in [-0.05, 0) is 49.7 Å². The Balaban J connectivity index is 2.27. The van der Waals surface area contributed by atoms with Crippen molar-refractivity contribution in [2.24, 2.45) is 10.2 Å². The molecule has 148 valence electrons. The number of halogens is 2. The molecule has 0 radical (unpaired) electrons. The fourth-order valence-electron chi connectivity index (χ4n) is 2.30. The Morgan fingerprint density at radius 2 is 1.75 bits per heavy atom. The summed E-state index contributed by atoms with van der Waals surface area (Å²) in [7, 11) is 2.95. The fourth-order valence-corrected chi connectivity index (χ4v) is 2.62. The highest BCUT2D eigenvalue weighted by molar-refractivity contribution is 6.39. The molecule has 0 saturated heterocycles. The third-order valence-electron chi connectivity index (χ3n) is 3.84. The number of aryl methyl sites for hydroxylation is 1. The molecule has 1 atom stereocenters. The summed E-state index contributed by atoms with van der Waals surface area (Å²) in [6.07, 6.45) is 0. The number of Topliss-reactive ketones (excluding diaryl/α,β-unsaturated/α-hetero) is 1. The highest BCUT2D eigenvalue weighted by Gasteiger charge is 2.29. The summed E-state index contributed by atoms with van der Waals surface area (Å²) in [5.41, 5.74) is 1.56. The smallest absolute Gasteiger partial charge is 0.276 e. The van der Waals surface area contributed by atoms with Crippen LogP contribution in [0.4, 0.5) is 11.4 Å². The van der Waals surface area contributed by atoms with Gasteiger partial charge in [-0.25, -0.2) is 4.42 Å². The zero-order chi connectivity index (χ0) is 20.8. The summed E-state index contributed by atoms with van der Waals surface area (Å²) in [5.74, 6) is -0.373. The number of anilines is 1. The number of amides is 1. The van der Waals surface area contributed by atoms with E-state index in [4.69, 9.17) is 32.9 Å². The van der Waals surface area contributed by atoms with E-state index in [1.165, 1.54) is 27.2 Å². The van der Waals surface area contributed by atoms with E-state index >= 15 is 0 Å². The molecule has 9 heteroatoms. The SMILES string of the molecule is COc1ccc(N(Cl)C(=O)C(N=Nc2ccc(Cl)c(C)c2)C(C)=O)cc1OC. The molecule has 0 spiro atoms. The standard InChI is InChI=1S/C19H19Cl2N3O4/c1-11-9-13(5-7-15(11)20)22-23-18(12(2)25)19(26)24(21)14-6-8-16(27-3)17(10-14)28-4/h5-10,18H,1-4H3. The lowest BCUT2D eigenvalue weighted by molar-refractivity contribution is -0.126. The molecule has 0 N–H and O–H groups in total. The third-order valence-corrected chi connectivity index (χ3v) is 4.62. The number of rotatable bonds is 7. The van der Waals surface area contributed by atoms with Crippen molar-refractivity contribution in [1.82, 2.24) is 0 Å². The van der Waals surface area contributed by atoms with Gasteiger partial charge in [-0.15, -0.1) is 0 Å². The Hall–Kier alpha value is -2.64. The van der Waals surface area contributed by atoms with E-state index in [1.54, 1.807) is 30.3 Å². The number of hydrogen-bond donors (Lipinski definition) is 0. The minimum Gasteiger partial charge on any atom is -0.493 e. The highest BCUT2D eigenvalue weighted by Crippen LogP contribution is 2.32. The molecule has 28 heavy (non-hydrogen) atoms. The molecule has 0 bridgehead atoms. The van der Waals surface area contributed by atoms with E-state index in [2.05, 4.69) is 10.2 Å². The van der Waals surface area contributed by atoms with Crippen LogP contribution in [0.15, 0.2) is 46.6 Å². The van der Waals surface area contributed by atoms with Crippen LogP contribution in [-0.4, -0.2) is 32.0 Å². The molecular weight excluding hydrogens is 405 g/mol. The summed E-state index contributed by atoms with van der Waals surface area (Å²) < 4.78 is 11.2. The molecule has 0 aliphatic heterocycles. The zero-order valence-corrected chi connectivity index (χ0v) is 17.3. The van der Waals surface area contributed by atoms with Gasteiger partial charge in [-0.1, -0.05) is 11.6 Å². The minimum absolute atomic E-state index is 0.299. The first kappa shape index (κ1) is 21.7. The van der Waals surface area contributed by atoms with Gasteiger partial charge in [-0.3, -0.25) is 9.59 Å². The average Bonchev–Trinajstić information content (AvgIpc) is 2.69. The minimum atomic E-state index is -1.39. The summed E-state index contributed by atoms with van der Waals surface area (Å²) in [4.78, 5) is 24.7. The Labute approximate surface area is 173 Å². The van der Waals surface area contributed by atoms with Crippen LogP contribution in [0.5, 0.6) is 11.5 Å². The van der Waals surface area contributed by atoms with Crippen LogP contribution in [0.25, 0.3) is 0 Å². The van der Waals surface area contributed by atoms with Gasteiger partial charge < -0.3 is 9.47 Å². The van der Waals surface area contributed by atoms with Crippen LogP contribution in [0.1, 0.15) is 12.5 Å². The number of ketones is 1. The van der Waals surface area contributed by atoms with Crippen LogP contribution in [0, 0.1) is 6.92 Å². The predicted molar refractivity (Wildman–Crippen MR) is 108 cm³/mol. The first-order valence-corrected chi connectivity index (χ1v) is 8.89. The van der Waals surface area contributed by atoms with Gasteiger partial charge >= 0.3 is 0 Å². The van der Waals surface area contributed by atoms with Gasteiger partial charge in [0.2, 0.25) is 6.04 Å². The van der Waals surface area contributed by atoms with Crippen LogP contribution in [0.3, 0.4) is 0 Å². The van der Waals surface area contributed by atoms with Crippen LogP contribution in [0.2, 0.25) is 5.02 Å². The lowest BCUT2D eigenvalue weighted by Crippen LogP contribution is -2.36. The van der Waals surface area contributed by atoms with Crippen molar-refractivity contribution >= 4 is 46.4 Å². The van der Waals surface area contributed by atoms with E-state index in [0.29, 0.717) is 27.9 Å². The van der Waals surface area contributed by atoms with Gasteiger partial charge in [0.05, 0.1) is 25.6 Å². The first-order valence-electron chi connectivity index (χ1n) is 8.17. The van der Waals surface area contributed by atoms with Gasteiger partial charge in [0.15, 0.2) is 17.3 Å². The molecule has 1 unspecified atom stereocenters.